The van der Waals surface area contributed by atoms with Crippen LogP contribution in [-0.2, 0) is 4.74 Å². The maximum Gasteiger partial charge on any atom is 0.354 e. The number of pyridine rings is 1. The molecule has 1 atom stereocenters. The van der Waals surface area contributed by atoms with Gasteiger partial charge in [-0.1, -0.05) is 19.4 Å². The monoisotopic (exact) mass is 250 g/mol. The summed E-state index contributed by atoms with van der Waals surface area (Å²) < 4.78 is 5.66. The van der Waals surface area contributed by atoms with E-state index in [0.29, 0.717) is 6.61 Å². The van der Waals surface area contributed by atoms with Gasteiger partial charge in [0.05, 0.1) is 12.7 Å². The molecule has 1 aliphatic heterocycles. The minimum Gasteiger partial charge on any atom is -0.477 e. The number of hydrogen-bond acceptors (Lipinski definition) is 4. The number of hydrogen-bond donors (Lipinski definition) is 1. The van der Waals surface area contributed by atoms with Crippen molar-refractivity contribution in [2.75, 3.05) is 24.6 Å². The summed E-state index contributed by atoms with van der Waals surface area (Å²) >= 11 is 0. The van der Waals surface area contributed by atoms with E-state index in [1.807, 2.05) is 6.07 Å². The van der Waals surface area contributed by atoms with E-state index in [1.54, 1.807) is 6.07 Å². The number of ether oxygens (including phenoxy) is 1. The predicted octanol–water partition coefficient (Wildman–Crippen LogP) is 1.79. The largest absolute Gasteiger partial charge is 0.477 e. The van der Waals surface area contributed by atoms with Crippen molar-refractivity contribution >= 4 is 11.8 Å². The van der Waals surface area contributed by atoms with Crippen LogP contribution >= 0.6 is 0 Å². The van der Waals surface area contributed by atoms with E-state index in [4.69, 9.17) is 9.84 Å². The Hall–Kier alpha value is -1.62. The van der Waals surface area contributed by atoms with Crippen molar-refractivity contribution in [2.24, 2.45) is 0 Å². The minimum absolute atomic E-state index is 0.0889. The molecule has 18 heavy (non-hydrogen) atoms. The summed E-state index contributed by atoms with van der Waals surface area (Å²) in [5, 5.41) is 8.94. The number of rotatable bonds is 4. The minimum atomic E-state index is -0.991. The number of morpholine rings is 1. The number of aromatic carboxylic acids is 1. The van der Waals surface area contributed by atoms with Crippen LogP contribution in [0.2, 0.25) is 0 Å². The second-order valence-electron chi connectivity index (χ2n) is 4.41. The Bertz CT molecular complexity index is 420. The Morgan fingerprint density at radius 3 is 3.17 bits per heavy atom. The van der Waals surface area contributed by atoms with Crippen molar-refractivity contribution in [3.63, 3.8) is 0 Å². The van der Waals surface area contributed by atoms with E-state index in [0.717, 1.165) is 31.7 Å². The fraction of sp³-hybridized carbons (Fsp3) is 0.538. The van der Waals surface area contributed by atoms with Crippen molar-refractivity contribution in [3.8, 4) is 0 Å². The molecule has 0 aromatic carbocycles. The van der Waals surface area contributed by atoms with Gasteiger partial charge in [-0.05, 0) is 18.6 Å². The lowest BCUT2D eigenvalue weighted by Gasteiger charge is -2.33. The van der Waals surface area contributed by atoms with Crippen molar-refractivity contribution in [1.29, 1.82) is 0 Å². The molecule has 0 saturated carbocycles. The smallest absolute Gasteiger partial charge is 0.354 e. The summed E-state index contributed by atoms with van der Waals surface area (Å²) in [6.45, 7) is 4.34. The third kappa shape index (κ3) is 2.98. The van der Waals surface area contributed by atoms with Gasteiger partial charge in [-0.15, -0.1) is 0 Å². The highest BCUT2D eigenvalue weighted by molar-refractivity contribution is 5.85. The molecule has 1 N–H and O–H groups in total. The Kier molecular flexibility index (Phi) is 4.15. The van der Waals surface area contributed by atoms with Gasteiger partial charge >= 0.3 is 5.97 Å². The Balaban J connectivity index is 2.10. The third-order valence-corrected chi connectivity index (χ3v) is 3.03. The van der Waals surface area contributed by atoms with Crippen LogP contribution in [0.1, 0.15) is 30.3 Å². The molecule has 5 heteroatoms. The van der Waals surface area contributed by atoms with Gasteiger partial charge in [-0.25, -0.2) is 9.78 Å². The molecule has 0 aliphatic carbocycles. The molecule has 98 valence electrons. The van der Waals surface area contributed by atoms with Crippen LogP contribution in [0.3, 0.4) is 0 Å². The maximum atomic E-state index is 10.9. The number of nitrogens with zero attached hydrogens (tertiary/aromatic N) is 2. The molecular formula is C13H18N2O3. The number of carbonyl (C=O) groups is 1. The van der Waals surface area contributed by atoms with Crippen molar-refractivity contribution < 1.29 is 14.6 Å². The molecule has 0 amide bonds. The summed E-state index contributed by atoms with van der Waals surface area (Å²) in [5.74, 6) is -0.269. The lowest BCUT2D eigenvalue weighted by molar-refractivity contribution is 0.0345. The van der Waals surface area contributed by atoms with Crippen molar-refractivity contribution in [1.82, 2.24) is 4.98 Å². The zero-order valence-electron chi connectivity index (χ0n) is 10.5. The predicted molar refractivity (Wildman–Crippen MR) is 68.1 cm³/mol. The Labute approximate surface area is 106 Å². The van der Waals surface area contributed by atoms with Gasteiger partial charge in [-0.3, -0.25) is 0 Å². The average molecular weight is 250 g/mol. The van der Waals surface area contributed by atoms with Crippen LogP contribution in [-0.4, -0.2) is 41.9 Å². The van der Waals surface area contributed by atoms with Crippen LogP contribution in [0.4, 0.5) is 5.82 Å². The topological polar surface area (TPSA) is 62.7 Å². The highest BCUT2D eigenvalue weighted by Crippen LogP contribution is 2.17. The normalized spacial score (nSPS) is 19.8. The molecule has 1 unspecified atom stereocenters. The van der Waals surface area contributed by atoms with Crippen LogP contribution in [0.5, 0.6) is 0 Å². The molecule has 1 aromatic rings. The molecule has 5 nitrogen and oxygen atoms in total. The summed E-state index contributed by atoms with van der Waals surface area (Å²) in [6, 6.07) is 5.09. The summed E-state index contributed by atoms with van der Waals surface area (Å²) in [7, 11) is 0. The second kappa shape index (κ2) is 5.82. The van der Waals surface area contributed by atoms with E-state index < -0.39 is 5.97 Å². The SMILES string of the molecule is CCCC1CN(c2cccc(C(=O)O)n2)CCO1. The van der Waals surface area contributed by atoms with E-state index >= 15 is 0 Å². The third-order valence-electron chi connectivity index (χ3n) is 3.03. The Morgan fingerprint density at radius 1 is 1.61 bits per heavy atom. The first kappa shape index (κ1) is 12.8. The first-order valence-electron chi connectivity index (χ1n) is 6.27. The van der Waals surface area contributed by atoms with E-state index in [9.17, 15) is 4.79 Å². The Morgan fingerprint density at radius 2 is 2.44 bits per heavy atom. The molecule has 2 heterocycles. The zero-order valence-corrected chi connectivity index (χ0v) is 10.5. The lowest BCUT2D eigenvalue weighted by atomic mass is 10.1. The fourth-order valence-electron chi connectivity index (χ4n) is 2.14. The van der Waals surface area contributed by atoms with Crippen LogP contribution < -0.4 is 4.90 Å². The molecule has 0 bridgehead atoms. The molecule has 0 radical (unpaired) electrons. The number of aromatic nitrogens is 1. The van der Waals surface area contributed by atoms with E-state index in [-0.39, 0.29) is 11.8 Å². The van der Waals surface area contributed by atoms with E-state index in [1.165, 1.54) is 6.07 Å². The molecular weight excluding hydrogens is 232 g/mol. The summed E-state index contributed by atoms with van der Waals surface area (Å²) in [4.78, 5) is 17.2. The van der Waals surface area contributed by atoms with E-state index in [2.05, 4.69) is 16.8 Å². The lowest BCUT2D eigenvalue weighted by Crippen LogP contribution is -2.42. The molecule has 1 fully saturated rings. The first-order chi connectivity index (χ1) is 8.70. The molecule has 2 rings (SSSR count). The number of carboxylic acids is 1. The quantitative estimate of drug-likeness (QED) is 0.882. The summed E-state index contributed by atoms with van der Waals surface area (Å²) in [6.07, 6.45) is 2.33. The maximum absolute atomic E-state index is 10.9. The van der Waals surface area contributed by atoms with Gasteiger partial charge in [0.25, 0.3) is 0 Å². The molecule has 1 aromatic heterocycles. The fourth-order valence-corrected chi connectivity index (χ4v) is 2.14. The van der Waals surface area contributed by atoms with Gasteiger partial charge < -0.3 is 14.7 Å². The van der Waals surface area contributed by atoms with Gasteiger partial charge in [0.1, 0.15) is 5.82 Å². The van der Waals surface area contributed by atoms with Gasteiger partial charge in [0.2, 0.25) is 0 Å². The molecule has 1 aliphatic rings. The molecule has 0 spiro atoms. The van der Waals surface area contributed by atoms with Crippen LogP contribution in [0.15, 0.2) is 18.2 Å². The first-order valence-corrected chi connectivity index (χ1v) is 6.27. The highest BCUT2D eigenvalue weighted by Gasteiger charge is 2.21. The van der Waals surface area contributed by atoms with Gasteiger partial charge in [-0.2, -0.15) is 0 Å². The number of carboxylic acid groups (broad SMARTS) is 1. The van der Waals surface area contributed by atoms with Crippen LogP contribution in [0, 0.1) is 0 Å². The van der Waals surface area contributed by atoms with Crippen LogP contribution in [0.25, 0.3) is 0 Å². The van der Waals surface area contributed by atoms with Gasteiger partial charge in [0.15, 0.2) is 5.69 Å². The van der Waals surface area contributed by atoms with Crippen molar-refractivity contribution in [3.05, 3.63) is 23.9 Å². The van der Waals surface area contributed by atoms with Gasteiger partial charge in [0, 0.05) is 13.1 Å². The average Bonchev–Trinajstić information content (AvgIpc) is 2.39. The summed E-state index contributed by atoms with van der Waals surface area (Å²) in [5.41, 5.74) is 0.0889. The standard InChI is InChI=1S/C13H18N2O3/c1-2-4-10-9-15(7-8-18-10)12-6-3-5-11(14-12)13(16)17/h3,5-6,10H,2,4,7-9H2,1H3,(H,16,17). The highest BCUT2D eigenvalue weighted by atomic mass is 16.5. The van der Waals surface area contributed by atoms with Crippen molar-refractivity contribution in [2.45, 2.75) is 25.9 Å². The molecule has 1 saturated heterocycles. The number of anilines is 1. The zero-order chi connectivity index (χ0) is 13.0. The second-order valence-corrected chi connectivity index (χ2v) is 4.41.